The second-order valence-corrected chi connectivity index (χ2v) is 8.70. The lowest BCUT2D eigenvalue weighted by atomic mass is 10.1. The van der Waals surface area contributed by atoms with Crippen LogP contribution in [0.1, 0.15) is 33.9 Å². The summed E-state index contributed by atoms with van der Waals surface area (Å²) in [6.45, 7) is 3.69. The molecule has 4 aromatic rings. The van der Waals surface area contributed by atoms with Crippen LogP contribution in [0.2, 0.25) is 0 Å². The molecule has 1 atom stereocenters. The molecule has 4 rings (SSSR count). The molecule has 0 bridgehead atoms. The van der Waals surface area contributed by atoms with Crippen LogP contribution in [0.3, 0.4) is 0 Å². The fraction of sp³-hybridized carbons (Fsp3) is 0.125. The number of carbonyl (C=O) groups is 1. The predicted octanol–water partition coefficient (Wildman–Crippen LogP) is 5.99. The fourth-order valence-corrected chi connectivity index (χ4v) is 4.21. The van der Waals surface area contributed by atoms with Gasteiger partial charge in [-0.1, -0.05) is 6.07 Å². The molecule has 0 radical (unpaired) electrons. The standard InChI is InChI=1S/C24H20FN5O3S/c1-14(19-5-3-4-12-26-19)27-20-11-8-17(13-21(20)30(32)33)23(31)29-24-28-22(15(2)34-24)16-6-9-18(25)10-7-16/h3-14,27H,1-2H3,(H,28,29,31). The third-order valence-electron chi connectivity index (χ3n) is 5.09. The van der Waals surface area contributed by atoms with Crippen molar-refractivity contribution in [1.29, 1.82) is 0 Å². The molecule has 0 spiro atoms. The number of benzene rings is 2. The average molecular weight is 478 g/mol. The van der Waals surface area contributed by atoms with Gasteiger partial charge < -0.3 is 5.32 Å². The molecule has 1 unspecified atom stereocenters. The van der Waals surface area contributed by atoms with Crippen molar-refractivity contribution < 1.29 is 14.1 Å². The minimum Gasteiger partial charge on any atom is -0.371 e. The molecule has 34 heavy (non-hydrogen) atoms. The number of hydrogen-bond donors (Lipinski definition) is 2. The molecule has 2 heterocycles. The highest BCUT2D eigenvalue weighted by molar-refractivity contribution is 7.16. The zero-order valence-corrected chi connectivity index (χ0v) is 19.1. The Kier molecular flexibility index (Phi) is 6.60. The third kappa shape index (κ3) is 5.07. The van der Waals surface area contributed by atoms with E-state index in [2.05, 4.69) is 20.6 Å². The molecule has 2 N–H and O–H groups in total. The zero-order valence-electron chi connectivity index (χ0n) is 18.3. The number of thiazole rings is 1. The van der Waals surface area contributed by atoms with Crippen LogP contribution >= 0.6 is 11.3 Å². The first-order valence-electron chi connectivity index (χ1n) is 10.3. The Morgan fingerprint density at radius 1 is 1.15 bits per heavy atom. The average Bonchev–Trinajstić information content (AvgIpc) is 3.19. The molecule has 1 amide bonds. The Hall–Kier alpha value is -4.18. The summed E-state index contributed by atoms with van der Waals surface area (Å²) in [5, 5.41) is 17.8. The van der Waals surface area contributed by atoms with Gasteiger partial charge in [0.2, 0.25) is 0 Å². The van der Waals surface area contributed by atoms with Crippen molar-refractivity contribution in [2.24, 2.45) is 0 Å². The number of aromatic nitrogens is 2. The second kappa shape index (κ2) is 9.75. The fourth-order valence-electron chi connectivity index (χ4n) is 3.38. The topological polar surface area (TPSA) is 110 Å². The highest BCUT2D eigenvalue weighted by atomic mass is 32.1. The van der Waals surface area contributed by atoms with Crippen LogP contribution < -0.4 is 10.6 Å². The van der Waals surface area contributed by atoms with Gasteiger partial charge >= 0.3 is 0 Å². The Labute approximate surface area is 198 Å². The SMILES string of the molecule is Cc1sc(NC(=O)c2ccc(NC(C)c3ccccn3)c([N+](=O)[O-])c2)nc1-c1ccc(F)cc1. The van der Waals surface area contributed by atoms with Gasteiger partial charge in [0.1, 0.15) is 11.5 Å². The summed E-state index contributed by atoms with van der Waals surface area (Å²) in [5.41, 5.74) is 2.27. The molecule has 0 aliphatic rings. The normalized spacial score (nSPS) is 11.6. The first-order valence-corrected chi connectivity index (χ1v) is 11.1. The number of nitro groups is 1. The van der Waals surface area contributed by atoms with Gasteiger partial charge in [-0.05, 0) is 62.4 Å². The maximum absolute atomic E-state index is 13.2. The maximum atomic E-state index is 13.2. The van der Waals surface area contributed by atoms with E-state index in [0.717, 1.165) is 16.1 Å². The van der Waals surface area contributed by atoms with Gasteiger partial charge in [-0.25, -0.2) is 9.37 Å². The van der Waals surface area contributed by atoms with Crippen LogP contribution in [0, 0.1) is 22.9 Å². The van der Waals surface area contributed by atoms with Gasteiger partial charge in [0.15, 0.2) is 5.13 Å². The molecule has 0 saturated carbocycles. The van der Waals surface area contributed by atoms with Gasteiger partial charge in [-0.3, -0.25) is 25.2 Å². The van der Waals surface area contributed by atoms with E-state index >= 15 is 0 Å². The number of nitro benzene ring substituents is 1. The largest absolute Gasteiger partial charge is 0.371 e. The minimum absolute atomic E-state index is 0.124. The summed E-state index contributed by atoms with van der Waals surface area (Å²) in [5.74, 6) is -0.869. The number of amides is 1. The Balaban J connectivity index is 1.53. The quantitative estimate of drug-likeness (QED) is 0.250. The van der Waals surface area contributed by atoms with Crippen LogP contribution in [0.4, 0.5) is 20.9 Å². The first kappa shape index (κ1) is 23.0. The van der Waals surface area contributed by atoms with Crippen molar-refractivity contribution in [3.05, 3.63) is 98.9 Å². The lowest BCUT2D eigenvalue weighted by molar-refractivity contribution is -0.384. The number of nitrogens with one attached hydrogen (secondary N) is 2. The van der Waals surface area contributed by atoms with Crippen molar-refractivity contribution >= 4 is 33.8 Å². The van der Waals surface area contributed by atoms with Crippen LogP contribution in [-0.2, 0) is 0 Å². The van der Waals surface area contributed by atoms with Crippen molar-refractivity contribution in [2.75, 3.05) is 10.6 Å². The molecule has 0 aliphatic heterocycles. The molecule has 0 fully saturated rings. The zero-order chi connectivity index (χ0) is 24.2. The number of aryl methyl sites for hydroxylation is 1. The van der Waals surface area contributed by atoms with Crippen LogP contribution in [0.25, 0.3) is 11.3 Å². The van der Waals surface area contributed by atoms with Gasteiger partial charge in [-0.2, -0.15) is 0 Å². The van der Waals surface area contributed by atoms with E-state index in [9.17, 15) is 19.3 Å². The smallest absolute Gasteiger partial charge is 0.293 e. The third-order valence-corrected chi connectivity index (χ3v) is 5.98. The van der Waals surface area contributed by atoms with Crippen LogP contribution in [0.5, 0.6) is 0 Å². The van der Waals surface area contributed by atoms with E-state index < -0.39 is 10.8 Å². The monoisotopic (exact) mass is 477 g/mol. The lowest BCUT2D eigenvalue weighted by Gasteiger charge is -2.15. The Morgan fingerprint density at radius 2 is 1.91 bits per heavy atom. The second-order valence-electron chi connectivity index (χ2n) is 7.49. The van der Waals surface area contributed by atoms with Crippen molar-refractivity contribution in [3.63, 3.8) is 0 Å². The van der Waals surface area contributed by atoms with Gasteiger partial charge in [0.25, 0.3) is 11.6 Å². The molecule has 2 aromatic heterocycles. The summed E-state index contributed by atoms with van der Waals surface area (Å²) in [6, 6.07) is 15.3. The first-order chi connectivity index (χ1) is 16.3. The molecule has 10 heteroatoms. The van der Waals surface area contributed by atoms with Crippen molar-refractivity contribution in [3.8, 4) is 11.3 Å². The number of anilines is 2. The highest BCUT2D eigenvalue weighted by Gasteiger charge is 2.21. The molecule has 0 saturated heterocycles. The van der Waals surface area contributed by atoms with E-state index in [0.29, 0.717) is 10.8 Å². The lowest BCUT2D eigenvalue weighted by Crippen LogP contribution is -2.13. The molecule has 8 nitrogen and oxygen atoms in total. The summed E-state index contributed by atoms with van der Waals surface area (Å²) < 4.78 is 13.2. The number of nitrogens with zero attached hydrogens (tertiary/aromatic N) is 3. The highest BCUT2D eigenvalue weighted by Crippen LogP contribution is 2.32. The maximum Gasteiger partial charge on any atom is 0.293 e. The number of carbonyl (C=O) groups excluding carboxylic acids is 1. The number of halogens is 1. The molecule has 172 valence electrons. The van der Waals surface area contributed by atoms with E-state index in [1.807, 2.05) is 26.0 Å². The Bertz CT molecular complexity index is 1340. The van der Waals surface area contributed by atoms with Gasteiger partial charge in [0.05, 0.1) is 22.4 Å². The van der Waals surface area contributed by atoms with Crippen molar-refractivity contribution in [2.45, 2.75) is 19.9 Å². The number of hydrogen-bond acceptors (Lipinski definition) is 7. The van der Waals surface area contributed by atoms with Crippen molar-refractivity contribution in [1.82, 2.24) is 9.97 Å². The van der Waals surface area contributed by atoms with Crippen LogP contribution in [-0.4, -0.2) is 20.8 Å². The van der Waals surface area contributed by atoms with E-state index in [4.69, 9.17) is 0 Å². The summed E-state index contributed by atoms with van der Waals surface area (Å²) >= 11 is 1.27. The molecule has 2 aromatic carbocycles. The summed E-state index contributed by atoms with van der Waals surface area (Å²) in [6.07, 6.45) is 1.65. The Morgan fingerprint density at radius 3 is 2.59 bits per heavy atom. The molecule has 0 aliphatic carbocycles. The van der Waals surface area contributed by atoms with E-state index in [-0.39, 0.29) is 28.8 Å². The van der Waals surface area contributed by atoms with Gasteiger partial charge in [-0.15, -0.1) is 11.3 Å². The van der Waals surface area contributed by atoms with Crippen LogP contribution in [0.15, 0.2) is 66.9 Å². The van der Waals surface area contributed by atoms with E-state index in [1.165, 1.54) is 41.7 Å². The predicted molar refractivity (Wildman–Crippen MR) is 130 cm³/mol. The minimum atomic E-state index is -0.537. The van der Waals surface area contributed by atoms with Gasteiger partial charge in [0, 0.05) is 28.3 Å². The molecular weight excluding hydrogens is 457 g/mol. The summed E-state index contributed by atoms with van der Waals surface area (Å²) in [7, 11) is 0. The number of pyridine rings is 1. The number of rotatable bonds is 7. The summed E-state index contributed by atoms with van der Waals surface area (Å²) in [4.78, 5) is 33.5. The van der Waals surface area contributed by atoms with E-state index in [1.54, 1.807) is 24.4 Å². The molecular formula is C24H20FN5O3S.